The first kappa shape index (κ1) is 14.8. The molecule has 0 amide bonds. The largest absolute Gasteiger partial charge is 0.394 e. The monoisotopic (exact) mass is 310 g/mol. The molecule has 2 fully saturated rings. The quantitative estimate of drug-likeness (QED) is 0.864. The summed E-state index contributed by atoms with van der Waals surface area (Å²) < 4.78 is 26.9. The average molecular weight is 310 g/mol. The number of aliphatic hydroxyl groups excluding tert-OH is 1. The molecule has 6 heteroatoms. The van der Waals surface area contributed by atoms with Gasteiger partial charge in [0.05, 0.1) is 17.5 Å². The van der Waals surface area contributed by atoms with Crippen molar-refractivity contribution in [3.05, 3.63) is 24.3 Å². The Balaban J connectivity index is 1.76. The molecule has 1 heterocycles. The Morgan fingerprint density at radius 1 is 1.14 bits per heavy atom. The summed E-state index contributed by atoms with van der Waals surface area (Å²) in [5, 5.41) is 9.47. The number of hydrogen-bond acceptors (Lipinski definition) is 4. The van der Waals surface area contributed by atoms with Crippen LogP contribution in [0, 0.1) is 0 Å². The van der Waals surface area contributed by atoms with Crippen molar-refractivity contribution in [2.24, 2.45) is 0 Å². The molecule has 116 valence electrons. The molecule has 1 saturated heterocycles. The first-order valence-corrected chi connectivity index (χ1v) is 9.08. The van der Waals surface area contributed by atoms with E-state index >= 15 is 0 Å². The van der Waals surface area contributed by atoms with E-state index in [4.69, 9.17) is 0 Å². The van der Waals surface area contributed by atoms with Crippen molar-refractivity contribution in [1.29, 1.82) is 0 Å². The Morgan fingerprint density at radius 2 is 1.86 bits per heavy atom. The molecular weight excluding hydrogens is 288 g/mol. The van der Waals surface area contributed by atoms with E-state index < -0.39 is 10.0 Å². The Labute approximate surface area is 126 Å². The van der Waals surface area contributed by atoms with E-state index in [0.29, 0.717) is 4.90 Å². The summed E-state index contributed by atoms with van der Waals surface area (Å²) >= 11 is 0. The number of rotatable bonds is 5. The molecule has 5 nitrogen and oxygen atoms in total. The molecule has 3 rings (SSSR count). The van der Waals surface area contributed by atoms with Gasteiger partial charge in [-0.3, -0.25) is 0 Å². The van der Waals surface area contributed by atoms with Crippen molar-refractivity contribution in [3.63, 3.8) is 0 Å². The van der Waals surface area contributed by atoms with Gasteiger partial charge >= 0.3 is 0 Å². The van der Waals surface area contributed by atoms with E-state index in [2.05, 4.69) is 9.62 Å². The number of piperidine rings is 1. The molecule has 21 heavy (non-hydrogen) atoms. The zero-order chi connectivity index (χ0) is 14.9. The van der Waals surface area contributed by atoms with Crippen molar-refractivity contribution in [2.45, 2.75) is 49.1 Å². The predicted octanol–water partition coefficient (Wildman–Crippen LogP) is 1.48. The van der Waals surface area contributed by atoms with E-state index in [9.17, 15) is 13.5 Å². The summed E-state index contributed by atoms with van der Waals surface area (Å²) in [5.41, 5.74) is 0.985. The fourth-order valence-corrected chi connectivity index (χ4v) is 4.14. The van der Waals surface area contributed by atoms with Gasteiger partial charge in [-0.15, -0.1) is 0 Å². The second-order valence-corrected chi connectivity index (χ2v) is 7.63. The van der Waals surface area contributed by atoms with Crippen molar-refractivity contribution in [1.82, 2.24) is 4.72 Å². The molecule has 2 aliphatic rings. The summed E-state index contributed by atoms with van der Waals surface area (Å²) in [5.74, 6) is 0. The third kappa shape index (κ3) is 3.39. The molecule has 0 radical (unpaired) electrons. The van der Waals surface area contributed by atoms with Gasteiger partial charge in [-0.2, -0.15) is 0 Å². The molecule has 1 aliphatic heterocycles. The van der Waals surface area contributed by atoms with Crippen LogP contribution < -0.4 is 9.62 Å². The number of nitrogens with one attached hydrogen (secondary N) is 1. The van der Waals surface area contributed by atoms with Crippen LogP contribution >= 0.6 is 0 Å². The standard InChI is InChI=1S/C15H22N2O3S/c18-11-14-3-1-2-10-17(14)13-6-8-15(9-7-13)21(19,20)16-12-4-5-12/h6-9,12,14,16,18H,1-5,10-11H2. The molecule has 1 aliphatic carbocycles. The van der Waals surface area contributed by atoms with E-state index in [-0.39, 0.29) is 18.7 Å². The molecular formula is C15H22N2O3S. The zero-order valence-electron chi connectivity index (χ0n) is 12.0. The number of benzene rings is 1. The Bertz CT molecular complexity index is 581. The average Bonchev–Trinajstić information content (AvgIpc) is 3.30. The van der Waals surface area contributed by atoms with Crippen molar-refractivity contribution in [2.75, 3.05) is 18.1 Å². The van der Waals surface area contributed by atoms with E-state index in [1.807, 2.05) is 12.1 Å². The second kappa shape index (κ2) is 5.94. The van der Waals surface area contributed by atoms with Crippen molar-refractivity contribution >= 4 is 15.7 Å². The fraction of sp³-hybridized carbons (Fsp3) is 0.600. The summed E-state index contributed by atoms with van der Waals surface area (Å²) in [6.07, 6.45) is 5.10. The van der Waals surface area contributed by atoms with Gasteiger partial charge in [0, 0.05) is 18.3 Å². The molecule has 1 saturated carbocycles. The summed E-state index contributed by atoms with van der Waals surface area (Å²) in [7, 11) is -3.38. The van der Waals surface area contributed by atoms with E-state index in [1.54, 1.807) is 12.1 Å². The lowest BCUT2D eigenvalue weighted by molar-refractivity contribution is 0.240. The number of sulfonamides is 1. The van der Waals surface area contributed by atoms with Crippen LogP contribution in [-0.2, 0) is 10.0 Å². The molecule has 0 spiro atoms. The highest BCUT2D eigenvalue weighted by Crippen LogP contribution is 2.27. The lowest BCUT2D eigenvalue weighted by atomic mass is 10.0. The van der Waals surface area contributed by atoms with Crippen LogP contribution in [0.25, 0.3) is 0 Å². The van der Waals surface area contributed by atoms with Crippen LogP contribution in [-0.4, -0.2) is 38.8 Å². The first-order chi connectivity index (χ1) is 10.1. The van der Waals surface area contributed by atoms with Gasteiger partial charge in [-0.1, -0.05) is 0 Å². The van der Waals surface area contributed by atoms with Crippen molar-refractivity contribution in [3.8, 4) is 0 Å². The van der Waals surface area contributed by atoms with Gasteiger partial charge in [0.15, 0.2) is 0 Å². The van der Waals surface area contributed by atoms with Crippen LogP contribution in [0.4, 0.5) is 5.69 Å². The predicted molar refractivity (Wildman–Crippen MR) is 81.9 cm³/mol. The molecule has 1 atom stereocenters. The van der Waals surface area contributed by atoms with E-state index in [1.165, 1.54) is 0 Å². The van der Waals surface area contributed by atoms with Gasteiger partial charge in [-0.05, 0) is 56.4 Å². The molecule has 0 aromatic heterocycles. The normalized spacial score (nSPS) is 23.3. The first-order valence-electron chi connectivity index (χ1n) is 7.60. The molecule has 1 aromatic carbocycles. The van der Waals surface area contributed by atoms with Gasteiger partial charge in [0.2, 0.25) is 10.0 Å². The molecule has 1 aromatic rings. The Kier molecular flexibility index (Phi) is 4.19. The molecule has 1 unspecified atom stereocenters. The number of hydrogen-bond donors (Lipinski definition) is 2. The molecule has 2 N–H and O–H groups in total. The smallest absolute Gasteiger partial charge is 0.240 e. The maximum atomic E-state index is 12.1. The van der Waals surface area contributed by atoms with Crippen LogP contribution in [0.3, 0.4) is 0 Å². The SMILES string of the molecule is O=S(=O)(NC1CC1)c1ccc(N2CCCCC2CO)cc1. The lowest BCUT2D eigenvalue weighted by Crippen LogP contribution is -2.41. The minimum atomic E-state index is -3.38. The Hall–Kier alpha value is -1.11. The van der Waals surface area contributed by atoms with Gasteiger partial charge in [0.1, 0.15) is 0 Å². The number of aliphatic hydroxyl groups is 1. The van der Waals surface area contributed by atoms with Crippen LogP contribution in [0.5, 0.6) is 0 Å². The Morgan fingerprint density at radius 3 is 2.48 bits per heavy atom. The summed E-state index contributed by atoms with van der Waals surface area (Å²) in [4.78, 5) is 2.49. The topological polar surface area (TPSA) is 69.6 Å². The maximum Gasteiger partial charge on any atom is 0.240 e. The second-order valence-electron chi connectivity index (χ2n) is 5.92. The van der Waals surface area contributed by atoms with Crippen LogP contribution in [0.15, 0.2) is 29.2 Å². The minimum absolute atomic E-state index is 0.121. The number of anilines is 1. The third-order valence-electron chi connectivity index (χ3n) is 4.22. The summed E-state index contributed by atoms with van der Waals surface area (Å²) in [6.45, 7) is 1.06. The highest BCUT2D eigenvalue weighted by Gasteiger charge is 2.28. The fourth-order valence-electron chi connectivity index (χ4n) is 2.84. The highest BCUT2D eigenvalue weighted by atomic mass is 32.2. The van der Waals surface area contributed by atoms with Gasteiger partial charge < -0.3 is 10.0 Å². The highest BCUT2D eigenvalue weighted by molar-refractivity contribution is 7.89. The zero-order valence-corrected chi connectivity index (χ0v) is 12.8. The van der Waals surface area contributed by atoms with Crippen LogP contribution in [0.2, 0.25) is 0 Å². The molecule has 0 bridgehead atoms. The van der Waals surface area contributed by atoms with Crippen molar-refractivity contribution < 1.29 is 13.5 Å². The van der Waals surface area contributed by atoms with Crippen LogP contribution in [0.1, 0.15) is 32.1 Å². The minimum Gasteiger partial charge on any atom is -0.394 e. The maximum absolute atomic E-state index is 12.1. The van der Waals surface area contributed by atoms with Gasteiger partial charge in [0.25, 0.3) is 0 Å². The summed E-state index contributed by atoms with van der Waals surface area (Å²) in [6, 6.07) is 7.26. The third-order valence-corrected chi connectivity index (χ3v) is 5.75. The number of nitrogens with zero attached hydrogens (tertiary/aromatic N) is 1. The lowest BCUT2D eigenvalue weighted by Gasteiger charge is -2.36. The van der Waals surface area contributed by atoms with Gasteiger partial charge in [-0.25, -0.2) is 13.1 Å². The van der Waals surface area contributed by atoms with E-state index in [0.717, 1.165) is 44.3 Å².